The molecule has 2 aromatic carbocycles. The zero-order valence-electron chi connectivity index (χ0n) is 9.58. The maximum absolute atomic E-state index is 11.8. The summed E-state index contributed by atoms with van der Waals surface area (Å²) in [7, 11) is 0. The molecule has 3 rings (SSSR count). The van der Waals surface area contributed by atoms with Gasteiger partial charge in [-0.3, -0.25) is 4.79 Å². The summed E-state index contributed by atoms with van der Waals surface area (Å²) in [6.07, 6.45) is 1.75. The molecule has 3 heteroatoms. The number of aromatic nitrogens is 1. The van der Waals surface area contributed by atoms with Crippen LogP contribution in [0.1, 0.15) is 0 Å². The standard InChI is InChI=1S/C15H11NO2/c17-12-7-5-11(6-8-12)16-10-9-15(18)13-3-1-2-4-14(13)16/h1-10,17H. The van der Waals surface area contributed by atoms with E-state index in [0.717, 1.165) is 11.2 Å². The molecule has 18 heavy (non-hydrogen) atoms. The lowest BCUT2D eigenvalue weighted by atomic mass is 10.2. The van der Waals surface area contributed by atoms with Crippen molar-refractivity contribution in [1.29, 1.82) is 0 Å². The van der Waals surface area contributed by atoms with Gasteiger partial charge >= 0.3 is 0 Å². The molecule has 0 spiro atoms. The van der Waals surface area contributed by atoms with Crippen LogP contribution in [-0.2, 0) is 0 Å². The first kappa shape index (κ1) is 10.6. The van der Waals surface area contributed by atoms with Crippen LogP contribution >= 0.6 is 0 Å². The third-order valence-corrected chi connectivity index (χ3v) is 2.93. The number of hydrogen-bond donors (Lipinski definition) is 1. The molecule has 1 heterocycles. The molecule has 0 radical (unpaired) electrons. The van der Waals surface area contributed by atoms with Crippen molar-refractivity contribution in [2.75, 3.05) is 0 Å². The molecule has 0 bridgehead atoms. The van der Waals surface area contributed by atoms with E-state index in [1.54, 1.807) is 24.4 Å². The molecule has 0 fully saturated rings. The number of phenolic OH excluding ortho intramolecular Hbond substituents is 1. The molecule has 0 aliphatic carbocycles. The third kappa shape index (κ3) is 1.66. The van der Waals surface area contributed by atoms with E-state index in [-0.39, 0.29) is 11.2 Å². The topological polar surface area (TPSA) is 42.2 Å². The van der Waals surface area contributed by atoms with E-state index in [0.29, 0.717) is 5.39 Å². The minimum absolute atomic E-state index is 0.0145. The Labute approximate surface area is 104 Å². The van der Waals surface area contributed by atoms with Crippen LogP contribution in [0.2, 0.25) is 0 Å². The minimum Gasteiger partial charge on any atom is -0.508 e. The van der Waals surface area contributed by atoms with E-state index in [1.807, 2.05) is 41.0 Å². The number of rotatable bonds is 1. The Morgan fingerprint density at radius 1 is 0.889 bits per heavy atom. The van der Waals surface area contributed by atoms with Gasteiger partial charge < -0.3 is 9.67 Å². The second-order valence-electron chi connectivity index (χ2n) is 4.08. The highest BCUT2D eigenvalue weighted by molar-refractivity contribution is 5.80. The lowest BCUT2D eigenvalue weighted by molar-refractivity contribution is 0.475. The maximum Gasteiger partial charge on any atom is 0.189 e. The summed E-state index contributed by atoms with van der Waals surface area (Å²) in [6, 6.07) is 15.9. The van der Waals surface area contributed by atoms with Crippen LogP contribution in [-0.4, -0.2) is 9.67 Å². The maximum atomic E-state index is 11.8. The SMILES string of the molecule is O=c1ccn(-c2ccc(O)cc2)c2ccccc12. The Hall–Kier alpha value is -2.55. The average molecular weight is 237 g/mol. The largest absolute Gasteiger partial charge is 0.508 e. The number of para-hydroxylation sites is 1. The molecule has 3 aromatic rings. The second-order valence-corrected chi connectivity index (χ2v) is 4.08. The van der Waals surface area contributed by atoms with Crippen molar-refractivity contribution in [2.45, 2.75) is 0 Å². The molecular weight excluding hydrogens is 226 g/mol. The van der Waals surface area contributed by atoms with Gasteiger partial charge in [0.2, 0.25) is 0 Å². The molecule has 0 amide bonds. The summed E-state index contributed by atoms with van der Waals surface area (Å²) >= 11 is 0. The number of fused-ring (bicyclic) bond motifs is 1. The molecule has 0 saturated carbocycles. The highest BCUT2D eigenvalue weighted by Crippen LogP contribution is 2.18. The van der Waals surface area contributed by atoms with Crippen molar-refractivity contribution in [3.8, 4) is 11.4 Å². The van der Waals surface area contributed by atoms with Crippen LogP contribution in [0.15, 0.2) is 65.6 Å². The fourth-order valence-electron chi connectivity index (χ4n) is 2.04. The molecule has 0 unspecified atom stereocenters. The first-order chi connectivity index (χ1) is 8.75. The molecule has 1 aromatic heterocycles. The van der Waals surface area contributed by atoms with Crippen molar-refractivity contribution >= 4 is 10.9 Å². The number of pyridine rings is 1. The van der Waals surface area contributed by atoms with Crippen LogP contribution in [0.3, 0.4) is 0 Å². The monoisotopic (exact) mass is 237 g/mol. The van der Waals surface area contributed by atoms with Gasteiger partial charge in [-0.1, -0.05) is 12.1 Å². The summed E-state index contributed by atoms with van der Waals surface area (Å²) in [5, 5.41) is 9.99. The van der Waals surface area contributed by atoms with Crippen LogP contribution in [0.5, 0.6) is 5.75 Å². The first-order valence-corrected chi connectivity index (χ1v) is 5.65. The number of phenols is 1. The zero-order chi connectivity index (χ0) is 12.5. The number of nitrogens with zero attached hydrogens (tertiary/aromatic N) is 1. The van der Waals surface area contributed by atoms with Gasteiger partial charge in [0.15, 0.2) is 5.43 Å². The number of benzene rings is 2. The van der Waals surface area contributed by atoms with Crippen molar-refractivity contribution in [3.05, 3.63) is 71.0 Å². The Bertz CT molecular complexity index is 757. The fraction of sp³-hybridized carbons (Fsp3) is 0. The number of hydrogen-bond acceptors (Lipinski definition) is 2. The molecular formula is C15H11NO2. The summed E-state index contributed by atoms with van der Waals surface area (Å²) in [4.78, 5) is 11.8. The predicted octanol–water partition coefficient (Wildman–Crippen LogP) is 2.70. The molecule has 0 aliphatic heterocycles. The predicted molar refractivity (Wildman–Crippen MR) is 71.2 cm³/mol. The smallest absolute Gasteiger partial charge is 0.189 e. The van der Waals surface area contributed by atoms with E-state index in [2.05, 4.69) is 0 Å². The van der Waals surface area contributed by atoms with Crippen LogP contribution < -0.4 is 5.43 Å². The van der Waals surface area contributed by atoms with Crippen molar-refractivity contribution < 1.29 is 5.11 Å². The van der Waals surface area contributed by atoms with E-state index >= 15 is 0 Å². The lowest BCUT2D eigenvalue weighted by Crippen LogP contribution is -2.06. The number of aromatic hydroxyl groups is 1. The van der Waals surface area contributed by atoms with Gasteiger partial charge in [0.25, 0.3) is 0 Å². The quantitative estimate of drug-likeness (QED) is 0.707. The van der Waals surface area contributed by atoms with Crippen molar-refractivity contribution in [2.24, 2.45) is 0 Å². The Kier molecular flexibility index (Phi) is 2.38. The van der Waals surface area contributed by atoms with Crippen LogP contribution in [0, 0.1) is 0 Å². The van der Waals surface area contributed by atoms with Gasteiger partial charge in [0.05, 0.1) is 5.52 Å². The first-order valence-electron chi connectivity index (χ1n) is 5.65. The van der Waals surface area contributed by atoms with Crippen LogP contribution in [0.25, 0.3) is 16.6 Å². The molecule has 1 N–H and O–H groups in total. The van der Waals surface area contributed by atoms with Gasteiger partial charge in [-0.05, 0) is 36.4 Å². The van der Waals surface area contributed by atoms with Gasteiger partial charge in [-0.2, -0.15) is 0 Å². The summed E-state index contributed by atoms with van der Waals surface area (Å²) in [5.41, 5.74) is 1.78. The molecule has 0 saturated heterocycles. The highest BCUT2D eigenvalue weighted by atomic mass is 16.3. The Morgan fingerprint density at radius 2 is 1.61 bits per heavy atom. The molecule has 0 aliphatic rings. The summed E-state index contributed by atoms with van der Waals surface area (Å²) in [6.45, 7) is 0. The van der Waals surface area contributed by atoms with E-state index in [4.69, 9.17) is 0 Å². The normalized spacial score (nSPS) is 10.7. The summed E-state index contributed by atoms with van der Waals surface area (Å²) in [5.74, 6) is 0.226. The van der Waals surface area contributed by atoms with Gasteiger partial charge in [0.1, 0.15) is 5.75 Å². The lowest BCUT2D eigenvalue weighted by Gasteiger charge is -2.10. The highest BCUT2D eigenvalue weighted by Gasteiger charge is 2.03. The van der Waals surface area contributed by atoms with E-state index < -0.39 is 0 Å². The van der Waals surface area contributed by atoms with Crippen molar-refractivity contribution in [3.63, 3.8) is 0 Å². The van der Waals surface area contributed by atoms with Gasteiger partial charge in [-0.25, -0.2) is 0 Å². The average Bonchev–Trinajstić information content (AvgIpc) is 2.41. The zero-order valence-corrected chi connectivity index (χ0v) is 9.58. The fourth-order valence-corrected chi connectivity index (χ4v) is 2.04. The summed E-state index contributed by atoms with van der Waals surface area (Å²) < 4.78 is 1.93. The van der Waals surface area contributed by atoms with Crippen LogP contribution in [0.4, 0.5) is 0 Å². The minimum atomic E-state index is 0.0145. The third-order valence-electron chi connectivity index (χ3n) is 2.93. The molecule has 88 valence electrons. The van der Waals surface area contributed by atoms with E-state index in [1.165, 1.54) is 0 Å². The molecule has 0 atom stereocenters. The Balaban J connectivity index is 2.33. The second kappa shape index (κ2) is 4.04. The van der Waals surface area contributed by atoms with Crippen molar-refractivity contribution in [1.82, 2.24) is 4.57 Å². The van der Waals surface area contributed by atoms with Gasteiger partial charge in [0, 0.05) is 23.3 Å². The Morgan fingerprint density at radius 3 is 2.39 bits per heavy atom. The van der Waals surface area contributed by atoms with E-state index in [9.17, 15) is 9.90 Å². The molecule has 3 nitrogen and oxygen atoms in total. The van der Waals surface area contributed by atoms with Gasteiger partial charge in [-0.15, -0.1) is 0 Å².